The molecule has 0 saturated carbocycles. The fourth-order valence-corrected chi connectivity index (χ4v) is 4.65. The predicted molar refractivity (Wildman–Crippen MR) is 64.9 cm³/mol. The van der Waals surface area contributed by atoms with Gasteiger partial charge in [-0.1, -0.05) is 0 Å². The van der Waals surface area contributed by atoms with Crippen molar-refractivity contribution in [3.63, 3.8) is 0 Å². The van der Waals surface area contributed by atoms with Gasteiger partial charge in [0.25, 0.3) is 0 Å². The molecular formula is C9H11F3O3S3. The van der Waals surface area contributed by atoms with Gasteiger partial charge in [0.1, 0.15) is 12.0 Å². The van der Waals surface area contributed by atoms with Crippen LogP contribution in [-0.2, 0) is 27.4 Å². The highest BCUT2D eigenvalue weighted by atomic mass is 32.2. The molecular weight excluding hydrogens is 309 g/mol. The normalized spacial score (nSPS) is 19.1. The molecule has 0 radical (unpaired) electrons. The summed E-state index contributed by atoms with van der Waals surface area (Å²) >= 11 is 1.99. The smallest absolute Gasteiger partial charge is 0.485 e. The van der Waals surface area contributed by atoms with Crippen LogP contribution in [0.25, 0.3) is 0 Å². The second-order valence-electron chi connectivity index (χ2n) is 3.64. The van der Waals surface area contributed by atoms with E-state index in [4.69, 9.17) is 13.0 Å². The van der Waals surface area contributed by atoms with Gasteiger partial charge >= 0.3 is 5.51 Å². The first kappa shape index (κ1) is 15.8. The highest BCUT2D eigenvalue weighted by molar-refractivity contribution is 7.96. The van der Waals surface area contributed by atoms with Crippen LogP contribution >= 0.6 is 11.3 Å². The average molecular weight is 320 g/mol. The summed E-state index contributed by atoms with van der Waals surface area (Å²) < 4.78 is 58.9. The van der Waals surface area contributed by atoms with Gasteiger partial charge < -0.3 is 4.55 Å². The van der Waals surface area contributed by atoms with Crippen molar-refractivity contribution in [2.45, 2.75) is 23.7 Å². The zero-order chi connectivity index (χ0) is 14.1. The molecule has 1 aliphatic heterocycles. The van der Waals surface area contributed by atoms with Gasteiger partial charge in [0, 0.05) is 28.3 Å². The molecule has 1 aromatic heterocycles. The second kappa shape index (κ2) is 5.40. The SMILES string of the molecule is Cc1cc2c(s1)CC[S+]2C.O=S(=O)([O-])C(F)(F)F. The van der Waals surface area contributed by atoms with Crippen LogP contribution in [0.15, 0.2) is 11.0 Å². The Bertz CT molecular complexity index is 519. The third kappa shape index (κ3) is 3.87. The van der Waals surface area contributed by atoms with Crippen LogP contribution in [0.4, 0.5) is 13.2 Å². The Morgan fingerprint density at radius 2 is 1.94 bits per heavy atom. The monoisotopic (exact) mass is 320 g/mol. The molecule has 2 heterocycles. The standard InChI is InChI=1S/C8H11S2.CHF3O3S/c1-6-5-8-7(9-6)3-4-10(8)2;2-1(3,4)8(5,6)7/h5H,3-4H2,1-2H3;(H,5,6,7)/q+1;/p-1. The molecule has 9 heteroatoms. The summed E-state index contributed by atoms with van der Waals surface area (Å²) in [6.45, 7) is 2.21. The van der Waals surface area contributed by atoms with Crippen LogP contribution in [0.1, 0.15) is 9.75 Å². The van der Waals surface area contributed by atoms with Gasteiger partial charge in [-0.15, -0.1) is 11.3 Å². The average Bonchev–Trinajstić information content (AvgIpc) is 2.66. The number of alkyl halides is 3. The zero-order valence-corrected chi connectivity index (χ0v) is 12.0. The maximum absolute atomic E-state index is 10.7. The molecule has 3 nitrogen and oxygen atoms in total. The Labute approximate surface area is 110 Å². The topological polar surface area (TPSA) is 57.2 Å². The van der Waals surface area contributed by atoms with E-state index in [1.54, 1.807) is 9.77 Å². The van der Waals surface area contributed by atoms with Crippen LogP contribution in [0.5, 0.6) is 0 Å². The van der Waals surface area contributed by atoms with Crippen molar-refractivity contribution in [1.29, 1.82) is 0 Å². The molecule has 1 unspecified atom stereocenters. The van der Waals surface area contributed by atoms with Crippen LogP contribution in [-0.4, -0.2) is 30.5 Å². The Kier molecular flexibility index (Phi) is 4.74. The third-order valence-corrected chi connectivity index (χ3v) is 5.93. The minimum Gasteiger partial charge on any atom is -0.741 e. The maximum atomic E-state index is 10.7. The van der Waals surface area contributed by atoms with Crippen molar-refractivity contribution in [2.75, 3.05) is 12.0 Å². The Balaban J connectivity index is 0.000000187. The van der Waals surface area contributed by atoms with Crippen LogP contribution in [0, 0.1) is 6.92 Å². The van der Waals surface area contributed by atoms with E-state index in [0.29, 0.717) is 10.9 Å². The van der Waals surface area contributed by atoms with Gasteiger partial charge in [0.05, 0.1) is 4.88 Å². The molecule has 104 valence electrons. The van der Waals surface area contributed by atoms with E-state index in [0.717, 1.165) is 0 Å². The lowest BCUT2D eigenvalue weighted by molar-refractivity contribution is -0.0517. The van der Waals surface area contributed by atoms with Crippen molar-refractivity contribution in [1.82, 2.24) is 0 Å². The third-order valence-electron chi connectivity index (χ3n) is 2.19. The lowest BCUT2D eigenvalue weighted by atomic mass is 10.4. The maximum Gasteiger partial charge on any atom is 0.485 e. The summed E-state index contributed by atoms with van der Waals surface area (Å²) in [4.78, 5) is 4.80. The molecule has 0 bridgehead atoms. The summed E-state index contributed by atoms with van der Waals surface area (Å²) in [5.74, 6) is 1.40. The minimum atomic E-state index is -6.09. The number of hydrogen-bond acceptors (Lipinski definition) is 4. The number of hydrogen-bond donors (Lipinski definition) is 0. The molecule has 0 saturated heterocycles. The molecule has 1 atom stereocenters. The lowest BCUT2D eigenvalue weighted by Gasteiger charge is -2.08. The van der Waals surface area contributed by atoms with Gasteiger partial charge in [-0.2, -0.15) is 13.2 Å². The van der Waals surface area contributed by atoms with E-state index in [2.05, 4.69) is 19.2 Å². The number of thiophene rings is 1. The Hall–Kier alpha value is -0.250. The van der Waals surface area contributed by atoms with E-state index in [9.17, 15) is 13.2 Å². The number of rotatable bonds is 0. The van der Waals surface area contributed by atoms with E-state index in [1.165, 1.54) is 17.1 Å². The van der Waals surface area contributed by atoms with E-state index < -0.39 is 15.6 Å². The molecule has 0 aliphatic carbocycles. The van der Waals surface area contributed by atoms with Crippen molar-refractivity contribution in [2.24, 2.45) is 0 Å². The quantitative estimate of drug-likeness (QED) is 0.418. The summed E-state index contributed by atoms with van der Waals surface area (Å²) in [5, 5.41) is 0. The molecule has 0 fully saturated rings. The molecule has 2 rings (SSSR count). The Morgan fingerprint density at radius 3 is 2.33 bits per heavy atom. The van der Waals surface area contributed by atoms with Crippen molar-refractivity contribution >= 4 is 32.3 Å². The second-order valence-corrected chi connectivity index (χ2v) is 8.47. The van der Waals surface area contributed by atoms with Gasteiger partial charge in [-0.25, -0.2) is 8.42 Å². The minimum absolute atomic E-state index is 0.583. The van der Waals surface area contributed by atoms with E-state index in [1.807, 2.05) is 11.3 Å². The van der Waals surface area contributed by atoms with Crippen LogP contribution in [0.3, 0.4) is 0 Å². The van der Waals surface area contributed by atoms with Gasteiger partial charge in [-0.05, 0) is 6.92 Å². The molecule has 18 heavy (non-hydrogen) atoms. The lowest BCUT2D eigenvalue weighted by Crippen LogP contribution is -2.21. The van der Waals surface area contributed by atoms with Crippen molar-refractivity contribution in [3.05, 3.63) is 15.8 Å². The summed E-state index contributed by atoms with van der Waals surface area (Å²) in [6, 6.07) is 2.37. The highest BCUT2D eigenvalue weighted by Crippen LogP contribution is 2.33. The number of fused-ring (bicyclic) bond motifs is 1. The molecule has 0 amide bonds. The first-order chi connectivity index (χ1) is 8.02. The van der Waals surface area contributed by atoms with Crippen LogP contribution < -0.4 is 0 Å². The van der Waals surface area contributed by atoms with Gasteiger partial charge in [0.15, 0.2) is 15.0 Å². The summed E-state index contributed by atoms with van der Waals surface area (Å²) in [6.07, 6.45) is 3.70. The first-order valence-corrected chi connectivity index (χ1v) is 8.79. The predicted octanol–water partition coefficient (Wildman–Crippen LogP) is 2.27. The fraction of sp³-hybridized carbons (Fsp3) is 0.556. The molecule has 0 N–H and O–H groups in total. The largest absolute Gasteiger partial charge is 0.741 e. The van der Waals surface area contributed by atoms with Crippen molar-refractivity contribution in [3.8, 4) is 0 Å². The highest BCUT2D eigenvalue weighted by Gasteiger charge is 2.36. The summed E-state index contributed by atoms with van der Waals surface area (Å²) in [5.41, 5.74) is -5.65. The Morgan fingerprint density at radius 1 is 1.44 bits per heavy atom. The van der Waals surface area contributed by atoms with E-state index in [-0.39, 0.29) is 0 Å². The fourth-order valence-electron chi connectivity index (χ4n) is 1.36. The molecule has 1 aliphatic rings. The zero-order valence-electron chi connectivity index (χ0n) is 9.57. The molecule has 0 aromatic carbocycles. The first-order valence-electron chi connectivity index (χ1n) is 4.76. The molecule has 0 spiro atoms. The van der Waals surface area contributed by atoms with Crippen molar-refractivity contribution < 1.29 is 26.1 Å². The number of aryl methyl sites for hydroxylation is 2. The van der Waals surface area contributed by atoms with Gasteiger partial charge in [-0.3, -0.25) is 0 Å². The number of halogens is 3. The summed E-state index contributed by atoms with van der Waals surface area (Å²) in [7, 11) is -5.51. The molecule has 1 aromatic rings. The van der Waals surface area contributed by atoms with Gasteiger partial charge in [0.2, 0.25) is 0 Å². The van der Waals surface area contributed by atoms with Crippen LogP contribution in [0.2, 0.25) is 0 Å². The van der Waals surface area contributed by atoms with E-state index >= 15 is 0 Å².